The summed E-state index contributed by atoms with van der Waals surface area (Å²) in [5, 5.41) is 3.68. The molecule has 0 aromatic heterocycles. The maximum atomic E-state index is 3.68. The molecular weight excluding hydrogens is 208 g/mol. The third-order valence-electron chi connectivity index (χ3n) is 3.90. The predicted molar refractivity (Wildman–Crippen MR) is 78.5 cm³/mol. The Morgan fingerprint density at radius 3 is 2.06 bits per heavy atom. The van der Waals surface area contributed by atoms with Crippen LogP contribution in [0.3, 0.4) is 0 Å². The Labute approximate surface area is 109 Å². The number of nitrogens with zero attached hydrogens (tertiary/aromatic N) is 1. The van der Waals surface area contributed by atoms with E-state index in [1.54, 1.807) is 0 Å². The van der Waals surface area contributed by atoms with Crippen LogP contribution in [0.5, 0.6) is 0 Å². The van der Waals surface area contributed by atoms with Gasteiger partial charge >= 0.3 is 0 Å². The fraction of sp³-hybridized carbons (Fsp3) is 1.00. The zero-order valence-electron chi connectivity index (χ0n) is 12.9. The lowest BCUT2D eigenvalue weighted by Gasteiger charge is -2.35. The van der Waals surface area contributed by atoms with Crippen molar-refractivity contribution in [3.63, 3.8) is 0 Å². The van der Waals surface area contributed by atoms with E-state index in [4.69, 9.17) is 0 Å². The van der Waals surface area contributed by atoms with Gasteiger partial charge in [0.2, 0.25) is 0 Å². The molecule has 0 saturated heterocycles. The molecule has 0 amide bonds. The lowest BCUT2D eigenvalue weighted by Crippen LogP contribution is -2.49. The minimum absolute atomic E-state index is 0.638. The monoisotopic (exact) mass is 242 g/mol. The van der Waals surface area contributed by atoms with Crippen LogP contribution in [-0.4, -0.2) is 36.6 Å². The van der Waals surface area contributed by atoms with E-state index >= 15 is 0 Å². The van der Waals surface area contributed by atoms with E-state index in [0.29, 0.717) is 12.1 Å². The molecule has 0 bridgehead atoms. The Morgan fingerprint density at radius 1 is 1.00 bits per heavy atom. The number of likely N-dealkylation sites (N-methyl/N-ethyl adjacent to an activating group) is 1. The Bertz CT molecular complexity index is 170. The van der Waals surface area contributed by atoms with Crippen LogP contribution in [0.15, 0.2) is 0 Å². The van der Waals surface area contributed by atoms with Crippen LogP contribution in [0.4, 0.5) is 0 Å². The van der Waals surface area contributed by atoms with Crippen molar-refractivity contribution in [2.75, 3.05) is 19.6 Å². The van der Waals surface area contributed by atoms with E-state index in [1.807, 2.05) is 0 Å². The molecule has 0 aromatic rings. The average molecular weight is 242 g/mol. The maximum absolute atomic E-state index is 3.68. The molecule has 2 nitrogen and oxygen atoms in total. The van der Waals surface area contributed by atoms with Gasteiger partial charge in [0.25, 0.3) is 0 Å². The summed E-state index contributed by atoms with van der Waals surface area (Å²) in [6.07, 6.45) is 3.72. The van der Waals surface area contributed by atoms with Gasteiger partial charge < -0.3 is 5.32 Å². The second-order valence-electron chi connectivity index (χ2n) is 5.31. The van der Waals surface area contributed by atoms with Crippen LogP contribution in [-0.2, 0) is 0 Å². The molecule has 0 heterocycles. The number of nitrogens with one attached hydrogen (secondary N) is 1. The zero-order chi connectivity index (χ0) is 13.3. The molecule has 3 unspecified atom stereocenters. The Hall–Kier alpha value is -0.0800. The molecule has 17 heavy (non-hydrogen) atoms. The van der Waals surface area contributed by atoms with Gasteiger partial charge in [0.15, 0.2) is 0 Å². The molecule has 0 fully saturated rings. The Morgan fingerprint density at radius 2 is 1.65 bits per heavy atom. The van der Waals surface area contributed by atoms with Gasteiger partial charge in [-0.25, -0.2) is 0 Å². The molecule has 0 aliphatic heterocycles. The minimum Gasteiger partial charge on any atom is -0.312 e. The fourth-order valence-electron chi connectivity index (χ4n) is 2.35. The summed E-state index contributed by atoms with van der Waals surface area (Å²) in [6.45, 7) is 17.4. The molecule has 3 atom stereocenters. The van der Waals surface area contributed by atoms with Crippen LogP contribution >= 0.6 is 0 Å². The third kappa shape index (κ3) is 6.42. The summed E-state index contributed by atoms with van der Waals surface area (Å²) in [7, 11) is 0. The molecule has 0 aliphatic rings. The van der Waals surface area contributed by atoms with Crippen LogP contribution in [0.1, 0.15) is 60.8 Å². The van der Waals surface area contributed by atoms with Gasteiger partial charge in [-0.3, -0.25) is 4.90 Å². The highest BCUT2D eigenvalue weighted by Gasteiger charge is 2.21. The van der Waals surface area contributed by atoms with Crippen molar-refractivity contribution >= 4 is 0 Å². The lowest BCUT2D eigenvalue weighted by atomic mass is 10.0. The summed E-state index contributed by atoms with van der Waals surface area (Å²) >= 11 is 0. The van der Waals surface area contributed by atoms with E-state index in [1.165, 1.54) is 25.8 Å². The molecule has 1 N–H and O–H groups in total. The summed E-state index contributed by atoms with van der Waals surface area (Å²) in [6, 6.07) is 1.28. The summed E-state index contributed by atoms with van der Waals surface area (Å²) < 4.78 is 0. The van der Waals surface area contributed by atoms with Gasteiger partial charge in [0, 0.05) is 18.6 Å². The van der Waals surface area contributed by atoms with Crippen LogP contribution in [0, 0.1) is 5.92 Å². The normalized spacial score (nSPS) is 17.1. The summed E-state index contributed by atoms with van der Waals surface area (Å²) in [5.74, 6) is 0.807. The topological polar surface area (TPSA) is 15.3 Å². The average Bonchev–Trinajstić information content (AvgIpc) is 2.36. The molecule has 104 valence electrons. The number of hydrogen-bond donors (Lipinski definition) is 1. The Kier molecular flexibility index (Phi) is 9.85. The highest BCUT2D eigenvalue weighted by molar-refractivity contribution is 4.80. The van der Waals surface area contributed by atoms with Crippen molar-refractivity contribution in [3.05, 3.63) is 0 Å². The minimum atomic E-state index is 0.638. The molecule has 0 radical (unpaired) electrons. The van der Waals surface area contributed by atoms with Crippen molar-refractivity contribution in [3.8, 4) is 0 Å². The van der Waals surface area contributed by atoms with Gasteiger partial charge in [-0.1, -0.05) is 41.0 Å². The van der Waals surface area contributed by atoms with Crippen LogP contribution < -0.4 is 5.32 Å². The standard InChI is InChI=1S/C15H34N2/c1-7-11-16-15(9-3)14(6)17(10-4)12-13(5)8-2/h13-16H,7-12H2,1-6H3. The van der Waals surface area contributed by atoms with Crippen molar-refractivity contribution in [1.29, 1.82) is 0 Å². The molecular formula is C15H34N2. The third-order valence-corrected chi connectivity index (χ3v) is 3.90. The SMILES string of the molecule is CCCNC(CC)C(C)N(CC)CC(C)CC. The van der Waals surface area contributed by atoms with Crippen LogP contribution in [0.2, 0.25) is 0 Å². The van der Waals surface area contributed by atoms with E-state index in [9.17, 15) is 0 Å². The lowest BCUT2D eigenvalue weighted by molar-refractivity contribution is 0.152. The molecule has 0 spiro atoms. The van der Waals surface area contributed by atoms with Crippen molar-refractivity contribution < 1.29 is 0 Å². The van der Waals surface area contributed by atoms with E-state index in [-0.39, 0.29) is 0 Å². The molecule has 2 heteroatoms. The number of rotatable bonds is 10. The van der Waals surface area contributed by atoms with Crippen molar-refractivity contribution in [2.45, 2.75) is 72.9 Å². The van der Waals surface area contributed by atoms with Gasteiger partial charge in [-0.05, 0) is 38.8 Å². The first-order valence-corrected chi connectivity index (χ1v) is 7.57. The van der Waals surface area contributed by atoms with E-state index in [2.05, 4.69) is 51.8 Å². The number of hydrogen-bond acceptors (Lipinski definition) is 2. The zero-order valence-corrected chi connectivity index (χ0v) is 12.9. The summed E-state index contributed by atoms with van der Waals surface area (Å²) in [4.78, 5) is 2.63. The second kappa shape index (κ2) is 9.90. The summed E-state index contributed by atoms with van der Waals surface area (Å²) in [5.41, 5.74) is 0. The van der Waals surface area contributed by atoms with Crippen molar-refractivity contribution in [1.82, 2.24) is 10.2 Å². The van der Waals surface area contributed by atoms with Gasteiger partial charge in [0.05, 0.1) is 0 Å². The largest absolute Gasteiger partial charge is 0.312 e. The molecule has 0 saturated carbocycles. The molecule has 0 aromatic carbocycles. The van der Waals surface area contributed by atoms with E-state index in [0.717, 1.165) is 19.0 Å². The van der Waals surface area contributed by atoms with Crippen LogP contribution in [0.25, 0.3) is 0 Å². The maximum Gasteiger partial charge on any atom is 0.0220 e. The quantitative estimate of drug-likeness (QED) is 0.630. The fourth-order valence-corrected chi connectivity index (χ4v) is 2.35. The van der Waals surface area contributed by atoms with Gasteiger partial charge in [-0.15, -0.1) is 0 Å². The molecule has 0 aliphatic carbocycles. The Balaban J connectivity index is 4.31. The van der Waals surface area contributed by atoms with Gasteiger partial charge in [0.1, 0.15) is 0 Å². The van der Waals surface area contributed by atoms with Gasteiger partial charge in [-0.2, -0.15) is 0 Å². The van der Waals surface area contributed by atoms with Crippen molar-refractivity contribution in [2.24, 2.45) is 5.92 Å². The first-order valence-electron chi connectivity index (χ1n) is 7.57. The second-order valence-corrected chi connectivity index (χ2v) is 5.31. The predicted octanol–water partition coefficient (Wildman–Crippen LogP) is 3.52. The first kappa shape index (κ1) is 16.9. The highest BCUT2D eigenvalue weighted by atomic mass is 15.2. The first-order chi connectivity index (χ1) is 8.10. The smallest absolute Gasteiger partial charge is 0.0220 e. The molecule has 0 rings (SSSR count). The van der Waals surface area contributed by atoms with E-state index < -0.39 is 0 Å². The highest BCUT2D eigenvalue weighted by Crippen LogP contribution is 2.12.